The van der Waals surface area contributed by atoms with Gasteiger partial charge in [-0.05, 0) is 50.0 Å². The van der Waals surface area contributed by atoms with Crippen LogP contribution in [0, 0.1) is 17.8 Å². The Morgan fingerprint density at radius 1 is 0.714 bits per heavy atom. The minimum atomic E-state index is -4.68. The summed E-state index contributed by atoms with van der Waals surface area (Å²) in [5.41, 5.74) is 0. The van der Waals surface area contributed by atoms with E-state index in [1.165, 1.54) is 96.3 Å². The van der Waals surface area contributed by atoms with Gasteiger partial charge in [0.05, 0.1) is 25.9 Å². The lowest BCUT2D eigenvalue weighted by Crippen LogP contribution is -2.29. The van der Waals surface area contributed by atoms with Crippen LogP contribution >= 0.6 is 7.82 Å². The molecule has 0 heterocycles. The molecule has 1 rings (SSSR count). The van der Waals surface area contributed by atoms with E-state index < -0.39 is 57.9 Å². The monoisotopic (exact) mass is 913 g/mol. The number of hydrogen-bond acceptors (Lipinski definition) is 11. The zero-order chi connectivity index (χ0) is 46.4. The molecular weight excluding hydrogens is 824 g/mol. The van der Waals surface area contributed by atoms with Gasteiger partial charge in [-0.25, -0.2) is 4.57 Å². The van der Waals surface area contributed by atoms with Crippen LogP contribution < -0.4 is 0 Å². The Morgan fingerprint density at radius 2 is 1.25 bits per heavy atom. The second-order valence-corrected chi connectivity index (χ2v) is 19.4. The number of ketones is 1. The van der Waals surface area contributed by atoms with Crippen molar-refractivity contribution in [2.75, 3.05) is 26.4 Å². The molecule has 1 aliphatic rings. The topological polar surface area (TPSA) is 186 Å². The van der Waals surface area contributed by atoms with Gasteiger partial charge in [-0.15, -0.1) is 0 Å². The molecule has 0 aromatic rings. The molecule has 63 heavy (non-hydrogen) atoms. The zero-order valence-corrected chi connectivity index (χ0v) is 40.5. The highest BCUT2D eigenvalue weighted by Crippen LogP contribution is 2.43. The highest BCUT2D eigenvalue weighted by atomic mass is 31.2. The fourth-order valence-corrected chi connectivity index (χ4v) is 8.31. The van der Waals surface area contributed by atoms with Crippen LogP contribution in [0.3, 0.4) is 0 Å². The summed E-state index contributed by atoms with van der Waals surface area (Å²) in [6.45, 7) is 4.43. The van der Waals surface area contributed by atoms with Crippen molar-refractivity contribution in [3.8, 4) is 0 Å². The Hall–Kier alpha value is -2.18. The van der Waals surface area contributed by atoms with Crippen molar-refractivity contribution >= 4 is 25.5 Å². The van der Waals surface area contributed by atoms with E-state index in [-0.39, 0.29) is 37.1 Å². The normalized spacial score (nSPS) is 17.8. The Kier molecular flexibility index (Phi) is 36.5. The van der Waals surface area contributed by atoms with Crippen molar-refractivity contribution < 1.29 is 57.7 Å². The van der Waals surface area contributed by atoms with E-state index in [1.807, 2.05) is 24.3 Å². The second kappa shape index (κ2) is 39.0. The summed E-state index contributed by atoms with van der Waals surface area (Å²) in [5.74, 6) is -0.518. The van der Waals surface area contributed by atoms with E-state index in [9.17, 15) is 34.1 Å². The number of carbonyl (C=O) groups is 3. The van der Waals surface area contributed by atoms with E-state index in [4.69, 9.17) is 23.6 Å². The predicted molar refractivity (Wildman–Crippen MR) is 251 cm³/mol. The molecule has 0 fully saturated rings. The standard InChI is InChI=1S/C50H89O12P/c1-4-5-24-31-44(52)35-36-47-43(34-37-48(47)54)30-26-22-23-28-33-50(56)62-46(41-61-63(57,58)60-39-45(53)38-51)40-59-49(55)32-27-21-19-17-15-13-11-9-7-6-8-10-12-14-16-18-20-25-29-42(2)3/h22,26,34-37,42-47,51-53H,4-21,23-25,27-33,38-41H2,1-3H3,(H,57,58)/b26-22-,36-35+/t43-,44-,45-,46+,47+/m0/s1. The van der Waals surface area contributed by atoms with Crippen molar-refractivity contribution in [1.82, 2.24) is 0 Å². The molecule has 12 nitrogen and oxygen atoms in total. The second-order valence-electron chi connectivity index (χ2n) is 18.0. The predicted octanol–water partition coefficient (Wildman–Crippen LogP) is 11.4. The van der Waals surface area contributed by atoms with Gasteiger partial charge >= 0.3 is 19.8 Å². The third-order valence-corrected chi connectivity index (χ3v) is 12.4. The van der Waals surface area contributed by atoms with Crippen LogP contribution in [0.4, 0.5) is 0 Å². The number of aliphatic hydroxyl groups excluding tert-OH is 3. The van der Waals surface area contributed by atoms with E-state index in [1.54, 1.807) is 12.2 Å². The van der Waals surface area contributed by atoms with Crippen molar-refractivity contribution in [2.24, 2.45) is 17.8 Å². The summed E-state index contributed by atoms with van der Waals surface area (Å²) >= 11 is 0. The number of phosphoric acid groups is 1. The summed E-state index contributed by atoms with van der Waals surface area (Å²) in [6.07, 6.45) is 37.4. The fraction of sp³-hybridized carbons (Fsp3) is 0.820. The molecule has 0 saturated carbocycles. The maximum absolute atomic E-state index is 12.7. The maximum Gasteiger partial charge on any atom is 0.472 e. The molecule has 13 heteroatoms. The average molecular weight is 913 g/mol. The van der Waals surface area contributed by atoms with Crippen LogP contribution in [0.25, 0.3) is 0 Å². The van der Waals surface area contributed by atoms with Gasteiger partial charge in [0.25, 0.3) is 0 Å². The Morgan fingerprint density at radius 3 is 1.83 bits per heavy atom. The molecule has 0 aromatic heterocycles. The molecular formula is C50H89O12P. The summed E-state index contributed by atoms with van der Waals surface area (Å²) < 4.78 is 32.8. The first-order valence-electron chi connectivity index (χ1n) is 24.9. The summed E-state index contributed by atoms with van der Waals surface area (Å²) in [6, 6.07) is 0. The molecule has 1 aliphatic carbocycles. The molecule has 0 radical (unpaired) electrons. The van der Waals surface area contributed by atoms with Gasteiger partial charge in [0, 0.05) is 18.8 Å². The van der Waals surface area contributed by atoms with Crippen LogP contribution in [0.15, 0.2) is 36.5 Å². The number of rotatable bonds is 43. The summed E-state index contributed by atoms with van der Waals surface area (Å²) in [4.78, 5) is 47.7. The lowest BCUT2D eigenvalue weighted by Gasteiger charge is -2.20. The Bertz CT molecular complexity index is 1300. The number of unbranched alkanes of at least 4 members (excludes halogenated alkanes) is 20. The Labute approximate surface area is 381 Å². The van der Waals surface area contributed by atoms with E-state index in [0.29, 0.717) is 32.1 Å². The van der Waals surface area contributed by atoms with Gasteiger partial charge in [0.2, 0.25) is 0 Å². The van der Waals surface area contributed by atoms with Crippen LogP contribution in [0.5, 0.6) is 0 Å². The third kappa shape index (κ3) is 34.8. The van der Waals surface area contributed by atoms with Crippen molar-refractivity contribution in [1.29, 1.82) is 0 Å². The smallest absolute Gasteiger partial charge is 0.462 e. The van der Waals surface area contributed by atoms with Gasteiger partial charge in [-0.1, -0.05) is 186 Å². The summed E-state index contributed by atoms with van der Waals surface area (Å²) in [7, 11) is -4.68. The number of carbonyl (C=O) groups excluding carboxylic acids is 3. The van der Waals surface area contributed by atoms with E-state index in [0.717, 1.165) is 44.4 Å². The van der Waals surface area contributed by atoms with Crippen molar-refractivity contribution in [2.45, 2.75) is 219 Å². The Balaban J connectivity index is 2.32. The largest absolute Gasteiger partial charge is 0.472 e. The maximum atomic E-state index is 12.7. The molecule has 0 saturated heterocycles. The van der Waals surface area contributed by atoms with Crippen molar-refractivity contribution in [3.63, 3.8) is 0 Å². The van der Waals surface area contributed by atoms with Gasteiger partial charge in [0.1, 0.15) is 12.7 Å². The molecule has 6 atom stereocenters. The third-order valence-electron chi connectivity index (χ3n) is 11.5. The first-order valence-corrected chi connectivity index (χ1v) is 26.4. The van der Waals surface area contributed by atoms with Crippen LogP contribution in [0.1, 0.15) is 201 Å². The van der Waals surface area contributed by atoms with Gasteiger partial charge in [-0.3, -0.25) is 23.4 Å². The molecule has 1 unspecified atom stereocenters. The minimum absolute atomic E-state index is 0.00207. The van der Waals surface area contributed by atoms with Gasteiger partial charge < -0.3 is 29.7 Å². The SMILES string of the molecule is CCCCC[C@H](O)/C=C/[C@H]1C(=O)C=C[C@@H]1C/C=C\CCCC(=O)O[C@H](COC(=O)CCCCCCCCCCCCCCCCCCCCC(C)C)COP(=O)(O)OC[C@@H](O)CO. The van der Waals surface area contributed by atoms with Crippen molar-refractivity contribution in [3.05, 3.63) is 36.5 Å². The lowest BCUT2D eigenvalue weighted by atomic mass is 9.90. The quantitative estimate of drug-likeness (QED) is 0.0197. The van der Waals surface area contributed by atoms with Crippen LogP contribution in [0.2, 0.25) is 0 Å². The van der Waals surface area contributed by atoms with E-state index in [2.05, 4.69) is 20.8 Å². The number of esters is 2. The number of hydrogen-bond donors (Lipinski definition) is 4. The summed E-state index contributed by atoms with van der Waals surface area (Å²) in [5, 5.41) is 28.6. The molecule has 0 aliphatic heterocycles. The molecule has 366 valence electrons. The number of ether oxygens (including phenoxy) is 2. The molecule has 4 N–H and O–H groups in total. The van der Waals surface area contributed by atoms with Crippen LogP contribution in [-0.4, -0.2) is 82.7 Å². The number of aliphatic hydroxyl groups is 3. The highest BCUT2D eigenvalue weighted by molar-refractivity contribution is 7.47. The fourth-order valence-electron chi connectivity index (χ4n) is 7.52. The van der Waals surface area contributed by atoms with Crippen LogP contribution in [-0.2, 0) is 37.5 Å². The molecule has 0 spiro atoms. The molecule has 0 amide bonds. The van der Waals surface area contributed by atoms with Gasteiger partial charge in [-0.2, -0.15) is 0 Å². The first-order chi connectivity index (χ1) is 30.4. The first kappa shape index (κ1) is 58.8. The minimum Gasteiger partial charge on any atom is -0.462 e. The lowest BCUT2D eigenvalue weighted by molar-refractivity contribution is -0.161. The zero-order valence-electron chi connectivity index (χ0n) is 39.6. The molecule has 0 bridgehead atoms. The highest BCUT2D eigenvalue weighted by Gasteiger charge is 2.28. The number of allylic oxidation sites excluding steroid dienone is 5. The number of phosphoric ester groups is 1. The van der Waals surface area contributed by atoms with E-state index >= 15 is 0 Å². The average Bonchev–Trinajstić information content (AvgIpc) is 3.61. The van der Waals surface area contributed by atoms with Gasteiger partial charge in [0.15, 0.2) is 11.9 Å². The molecule has 0 aromatic carbocycles.